The molecule has 0 spiro atoms. The predicted octanol–water partition coefficient (Wildman–Crippen LogP) is 3.99. The van der Waals surface area contributed by atoms with E-state index < -0.39 is 5.97 Å². The first-order valence-electron chi connectivity index (χ1n) is 9.79. The van der Waals surface area contributed by atoms with E-state index in [1.807, 2.05) is 42.0 Å². The zero-order valence-corrected chi connectivity index (χ0v) is 16.5. The van der Waals surface area contributed by atoms with Crippen molar-refractivity contribution in [2.24, 2.45) is 5.92 Å². The highest BCUT2D eigenvalue weighted by molar-refractivity contribution is 5.96. The van der Waals surface area contributed by atoms with Gasteiger partial charge >= 0.3 is 5.97 Å². The molecule has 0 amide bonds. The Morgan fingerprint density at radius 2 is 2.00 bits per heavy atom. The fraction of sp³-hybridized carbons (Fsp3) is 0.409. The van der Waals surface area contributed by atoms with Crippen molar-refractivity contribution in [3.05, 3.63) is 58.1 Å². The van der Waals surface area contributed by atoms with E-state index in [1.54, 1.807) is 6.20 Å². The summed E-state index contributed by atoms with van der Waals surface area (Å²) in [4.78, 5) is 25.6. The molecule has 2 aliphatic heterocycles. The molecule has 0 saturated heterocycles. The fourth-order valence-electron chi connectivity index (χ4n) is 4.25. The Hall–Kier alpha value is -2.89. The molecule has 1 saturated carbocycles. The second-order valence-electron chi connectivity index (χ2n) is 7.76. The number of ether oxygens (including phenoxy) is 1. The molecular formula is C22H25N3O3. The molecule has 146 valence electrons. The van der Waals surface area contributed by atoms with Crippen LogP contribution in [0.1, 0.15) is 54.6 Å². The topological polar surface area (TPSA) is 66.1 Å². The molecule has 4 rings (SSSR count). The Morgan fingerprint density at radius 3 is 2.71 bits per heavy atom. The first-order valence-corrected chi connectivity index (χ1v) is 9.79. The van der Waals surface area contributed by atoms with E-state index in [0.717, 1.165) is 24.8 Å². The molecule has 28 heavy (non-hydrogen) atoms. The van der Waals surface area contributed by atoms with Crippen molar-refractivity contribution >= 4 is 5.97 Å². The van der Waals surface area contributed by atoms with E-state index in [0.29, 0.717) is 28.4 Å². The maximum atomic E-state index is 13.2. The predicted molar refractivity (Wildman–Crippen MR) is 107 cm³/mol. The molecule has 6 nitrogen and oxygen atoms in total. The third-order valence-corrected chi connectivity index (χ3v) is 5.79. The smallest absolute Gasteiger partial charge is 0.341 e. The van der Waals surface area contributed by atoms with Crippen molar-refractivity contribution in [1.29, 1.82) is 0 Å². The highest BCUT2D eigenvalue weighted by Gasteiger charge is 2.29. The molecule has 3 aliphatic rings. The standard InChI is InChI=1S/C22H25N3O3/c1-14-7-6-9-16(11-14)25-21(26)17-12-24(19-10-5-4-8-15(19)2)13-18(20(17)23-25)22(27)28-3/h6-7,9,11-13,15,19H,4-5,8,10H2,1-3H3. The number of hydrogen-bond donors (Lipinski definition) is 0. The molecule has 6 heteroatoms. The molecule has 2 atom stereocenters. The molecule has 2 heterocycles. The van der Waals surface area contributed by atoms with E-state index in [9.17, 15) is 9.59 Å². The number of carbonyl (C=O) groups is 1. The van der Waals surface area contributed by atoms with Gasteiger partial charge in [0.2, 0.25) is 0 Å². The lowest BCUT2D eigenvalue weighted by atomic mass is 9.85. The third-order valence-electron chi connectivity index (χ3n) is 5.79. The number of esters is 1. The zero-order valence-electron chi connectivity index (χ0n) is 16.5. The molecule has 1 aromatic carbocycles. The number of nitrogens with zero attached hydrogens (tertiary/aromatic N) is 3. The van der Waals surface area contributed by atoms with Crippen molar-refractivity contribution in [2.45, 2.75) is 45.6 Å². The Morgan fingerprint density at radius 1 is 1.21 bits per heavy atom. The molecule has 0 radical (unpaired) electrons. The number of benzene rings is 1. The van der Waals surface area contributed by atoms with Crippen molar-refractivity contribution in [3.63, 3.8) is 0 Å². The lowest BCUT2D eigenvalue weighted by molar-refractivity contribution is 0.0599. The molecule has 0 aromatic heterocycles. The lowest BCUT2D eigenvalue weighted by Gasteiger charge is -2.31. The van der Waals surface area contributed by atoms with Crippen LogP contribution in [0.15, 0.2) is 41.5 Å². The van der Waals surface area contributed by atoms with Crippen LogP contribution in [0.4, 0.5) is 0 Å². The number of aromatic nitrogens is 3. The van der Waals surface area contributed by atoms with Gasteiger partial charge in [-0.1, -0.05) is 31.9 Å². The van der Waals surface area contributed by atoms with Gasteiger partial charge in [-0.2, -0.15) is 9.78 Å². The largest absolute Gasteiger partial charge is 0.465 e. The van der Waals surface area contributed by atoms with E-state index in [2.05, 4.69) is 12.0 Å². The van der Waals surface area contributed by atoms with Gasteiger partial charge in [-0.05, 0) is 43.4 Å². The van der Waals surface area contributed by atoms with Crippen LogP contribution in [0.25, 0.3) is 16.9 Å². The van der Waals surface area contributed by atoms with Crippen LogP contribution in [-0.4, -0.2) is 27.4 Å². The number of methoxy groups -OCH3 is 1. The number of pyridine rings is 1. The number of carbonyl (C=O) groups excluding carboxylic acids is 1. The summed E-state index contributed by atoms with van der Waals surface area (Å²) in [6, 6.07) is 7.87. The normalized spacial score (nSPS) is 19.7. The monoisotopic (exact) mass is 379 g/mol. The highest BCUT2D eigenvalue weighted by Crippen LogP contribution is 2.35. The van der Waals surface area contributed by atoms with Crippen molar-refractivity contribution in [1.82, 2.24) is 14.3 Å². The minimum absolute atomic E-state index is 0.219. The van der Waals surface area contributed by atoms with E-state index >= 15 is 0 Å². The molecule has 1 aromatic rings. The van der Waals surface area contributed by atoms with Crippen LogP contribution in [0.5, 0.6) is 0 Å². The number of hydrogen-bond acceptors (Lipinski definition) is 4. The van der Waals surface area contributed by atoms with Crippen molar-refractivity contribution in [2.75, 3.05) is 7.11 Å². The average molecular weight is 379 g/mol. The van der Waals surface area contributed by atoms with Crippen LogP contribution < -0.4 is 5.56 Å². The van der Waals surface area contributed by atoms with Crippen molar-refractivity contribution in [3.8, 4) is 16.9 Å². The quantitative estimate of drug-likeness (QED) is 0.646. The Kier molecular flexibility index (Phi) is 4.79. The van der Waals surface area contributed by atoms with Crippen molar-refractivity contribution < 1.29 is 9.53 Å². The molecule has 0 N–H and O–H groups in total. The summed E-state index contributed by atoms with van der Waals surface area (Å²) in [6.07, 6.45) is 8.22. The van der Waals surface area contributed by atoms with Gasteiger partial charge in [0.1, 0.15) is 11.3 Å². The summed E-state index contributed by atoms with van der Waals surface area (Å²) < 4.78 is 8.39. The van der Waals surface area contributed by atoms with Gasteiger partial charge in [-0.25, -0.2) is 4.79 Å². The maximum Gasteiger partial charge on any atom is 0.341 e. The molecule has 2 unspecified atom stereocenters. The highest BCUT2D eigenvalue weighted by atomic mass is 16.5. The Balaban J connectivity index is 1.93. The minimum Gasteiger partial charge on any atom is -0.465 e. The summed E-state index contributed by atoms with van der Waals surface area (Å²) in [5, 5.41) is 4.49. The third kappa shape index (κ3) is 3.13. The lowest BCUT2D eigenvalue weighted by Crippen LogP contribution is -2.23. The summed E-state index contributed by atoms with van der Waals surface area (Å²) in [6.45, 7) is 4.20. The second kappa shape index (κ2) is 7.26. The fourth-order valence-corrected chi connectivity index (χ4v) is 4.25. The van der Waals surface area contributed by atoms with Crippen LogP contribution in [0.3, 0.4) is 0 Å². The van der Waals surface area contributed by atoms with Gasteiger partial charge in [0.05, 0.1) is 18.4 Å². The first-order chi connectivity index (χ1) is 13.5. The Bertz CT molecular complexity index is 1050. The van der Waals surface area contributed by atoms with E-state index in [4.69, 9.17) is 4.74 Å². The van der Waals surface area contributed by atoms with Crippen LogP contribution in [0, 0.1) is 12.8 Å². The first kappa shape index (κ1) is 18.5. The SMILES string of the molecule is COC(=O)c1cn(C2CCCCC2C)cc2c(=O)n(-c3cccc(C)c3)nc1-2. The van der Waals surface area contributed by atoms with Crippen LogP contribution in [0.2, 0.25) is 0 Å². The summed E-state index contributed by atoms with van der Waals surface area (Å²) in [7, 11) is 1.35. The number of aryl methyl sites for hydroxylation is 1. The molecular weight excluding hydrogens is 354 g/mol. The second-order valence-corrected chi connectivity index (χ2v) is 7.76. The number of fused-ring (bicyclic) bond motifs is 1. The Labute approximate surface area is 164 Å². The molecule has 1 aliphatic carbocycles. The van der Waals surface area contributed by atoms with Gasteiger partial charge < -0.3 is 9.30 Å². The zero-order chi connectivity index (χ0) is 19.8. The molecule has 0 bridgehead atoms. The molecule has 1 fully saturated rings. The van der Waals surface area contributed by atoms with Gasteiger partial charge in [-0.15, -0.1) is 0 Å². The summed E-state index contributed by atoms with van der Waals surface area (Å²) in [5.74, 6) is 0.0142. The minimum atomic E-state index is -0.475. The van der Waals surface area contributed by atoms with Gasteiger partial charge in [0.15, 0.2) is 0 Å². The van der Waals surface area contributed by atoms with Crippen LogP contribution in [-0.2, 0) is 4.74 Å². The summed E-state index contributed by atoms with van der Waals surface area (Å²) >= 11 is 0. The van der Waals surface area contributed by atoms with E-state index in [-0.39, 0.29) is 11.6 Å². The van der Waals surface area contributed by atoms with Gasteiger partial charge in [0, 0.05) is 18.4 Å². The van der Waals surface area contributed by atoms with Gasteiger partial charge in [-0.3, -0.25) is 4.79 Å². The van der Waals surface area contributed by atoms with Gasteiger partial charge in [0.25, 0.3) is 5.56 Å². The van der Waals surface area contributed by atoms with E-state index in [1.165, 1.54) is 18.2 Å². The average Bonchev–Trinajstić information content (AvgIpc) is 3.04. The summed E-state index contributed by atoms with van der Waals surface area (Å²) in [5.41, 5.74) is 2.68. The van der Waals surface area contributed by atoms with Crippen LogP contribution >= 0.6 is 0 Å². The number of rotatable bonds is 3. The maximum absolute atomic E-state index is 13.2.